The van der Waals surface area contributed by atoms with Crippen molar-refractivity contribution in [2.45, 2.75) is 0 Å². The number of nitrogens with zero attached hydrogens (tertiary/aromatic N) is 5. The van der Waals surface area contributed by atoms with Gasteiger partial charge in [-0.05, 0) is 47.9 Å². The number of hydrogen-bond donors (Lipinski definition) is 0. The summed E-state index contributed by atoms with van der Waals surface area (Å²) in [7, 11) is 2.07. The van der Waals surface area contributed by atoms with Gasteiger partial charge in [-0.3, -0.25) is 9.97 Å². The zero-order chi connectivity index (χ0) is 28.5. The molecule has 0 N–H and O–H groups in total. The molecule has 0 radical (unpaired) electrons. The Morgan fingerprint density at radius 2 is 1.12 bits per heavy atom. The van der Waals surface area contributed by atoms with Gasteiger partial charge >= 0.3 is 0 Å². The molecule has 0 spiro atoms. The highest BCUT2D eigenvalue weighted by atomic mass is 16.5. The average Bonchev–Trinajstić information content (AvgIpc) is 3.07. The van der Waals surface area contributed by atoms with E-state index in [9.17, 15) is 0 Å². The molecule has 6 nitrogen and oxygen atoms in total. The van der Waals surface area contributed by atoms with Crippen molar-refractivity contribution in [2.24, 2.45) is 0 Å². The zero-order valence-corrected chi connectivity index (χ0v) is 23.2. The van der Waals surface area contributed by atoms with Crippen LogP contribution in [0.4, 0.5) is 11.5 Å². The summed E-state index contributed by atoms with van der Waals surface area (Å²) in [4.78, 5) is 21.0. The minimum Gasteiger partial charge on any atom is -0.438 e. The van der Waals surface area contributed by atoms with Crippen molar-refractivity contribution in [3.05, 3.63) is 122 Å². The number of fused-ring (bicyclic) bond motifs is 8. The van der Waals surface area contributed by atoms with Gasteiger partial charge in [0.15, 0.2) is 0 Å². The minimum atomic E-state index is 0.644. The third-order valence-electron chi connectivity index (χ3n) is 8.36. The smallest absolute Gasteiger partial charge is 0.229 e. The van der Waals surface area contributed by atoms with E-state index in [0.29, 0.717) is 5.88 Å². The molecule has 6 heteroatoms. The molecule has 8 aromatic rings. The van der Waals surface area contributed by atoms with Gasteiger partial charge in [0.05, 0.1) is 38.9 Å². The Morgan fingerprint density at radius 3 is 1.88 bits per heavy atom. The molecule has 6 heterocycles. The number of ether oxygens (including phenoxy) is 1. The van der Waals surface area contributed by atoms with Gasteiger partial charge in [0, 0.05) is 46.7 Å². The molecule has 43 heavy (non-hydrogen) atoms. The fraction of sp³-hybridized carbons (Fsp3) is 0.0270. The highest BCUT2D eigenvalue weighted by Crippen LogP contribution is 2.47. The van der Waals surface area contributed by atoms with Gasteiger partial charge in [0.1, 0.15) is 11.6 Å². The van der Waals surface area contributed by atoms with Gasteiger partial charge in [0.2, 0.25) is 5.88 Å². The normalized spacial score (nSPS) is 12.4. The number of benzene rings is 4. The van der Waals surface area contributed by atoms with E-state index in [1.807, 2.05) is 67.0 Å². The molecule has 0 amide bonds. The summed E-state index contributed by atoms with van der Waals surface area (Å²) in [6.07, 6.45) is 3.76. The van der Waals surface area contributed by atoms with Crippen molar-refractivity contribution in [1.82, 2.24) is 19.9 Å². The number of rotatable bonds is 0. The summed E-state index contributed by atoms with van der Waals surface area (Å²) in [5, 5.41) is 6.79. The standard InChI is InChI=1S/C19H13N3.C18H10N2O/c1-22-16-9-5-3-7-14(16)18-17-13(10-11-20-18)12-6-2-4-8-15(12)21-19(17)22;1-3-7-14-11(5-1)12-9-10-19-17-13-6-2-4-8-15(13)21-18(20-14)16(12)17/h2-11H,1H3;1-10H. The lowest BCUT2D eigenvalue weighted by Gasteiger charge is -2.28. The third kappa shape index (κ3) is 3.47. The van der Waals surface area contributed by atoms with Crippen LogP contribution in [0.2, 0.25) is 0 Å². The van der Waals surface area contributed by atoms with E-state index < -0.39 is 0 Å². The summed E-state index contributed by atoms with van der Waals surface area (Å²) >= 11 is 0. The maximum atomic E-state index is 6.01. The molecule has 0 fully saturated rings. The van der Waals surface area contributed by atoms with E-state index in [0.717, 1.165) is 66.8 Å². The lowest BCUT2D eigenvalue weighted by molar-refractivity contribution is 0.469. The Bertz CT molecular complexity index is 2420. The highest BCUT2D eigenvalue weighted by Gasteiger charge is 2.25. The van der Waals surface area contributed by atoms with Crippen molar-refractivity contribution in [3.63, 3.8) is 0 Å². The Morgan fingerprint density at radius 1 is 0.535 bits per heavy atom. The molecule has 4 aromatic carbocycles. The number of anilines is 2. The van der Waals surface area contributed by atoms with Crippen LogP contribution in [-0.2, 0) is 0 Å². The minimum absolute atomic E-state index is 0.644. The van der Waals surface area contributed by atoms with Gasteiger partial charge in [-0.15, -0.1) is 0 Å². The van der Waals surface area contributed by atoms with Gasteiger partial charge in [0.25, 0.3) is 0 Å². The van der Waals surface area contributed by atoms with Crippen molar-refractivity contribution in [3.8, 4) is 34.1 Å². The molecule has 10 rings (SSSR count). The predicted molar refractivity (Wildman–Crippen MR) is 173 cm³/mol. The first-order valence-corrected chi connectivity index (χ1v) is 14.2. The Hall–Kier alpha value is -5.88. The first kappa shape index (κ1) is 23.8. The Balaban J connectivity index is 0.000000121. The topological polar surface area (TPSA) is 64.0 Å². The molecule has 0 saturated carbocycles. The van der Waals surface area contributed by atoms with E-state index in [4.69, 9.17) is 9.72 Å². The second-order valence-electron chi connectivity index (χ2n) is 10.7. The molecule has 0 unspecified atom stereocenters. The summed E-state index contributed by atoms with van der Waals surface area (Å²) in [5.74, 6) is 2.44. The van der Waals surface area contributed by atoms with E-state index in [1.54, 1.807) is 0 Å². The van der Waals surface area contributed by atoms with Crippen LogP contribution in [0.5, 0.6) is 11.6 Å². The summed E-state index contributed by atoms with van der Waals surface area (Å²) < 4.78 is 6.01. The summed E-state index contributed by atoms with van der Waals surface area (Å²) in [5.41, 5.74) is 7.28. The van der Waals surface area contributed by atoms with Crippen molar-refractivity contribution >= 4 is 54.9 Å². The number of hydrogen-bond acceptors (Lipinski definition) is 6. The molecule has 202 valence electrons. The molecule has 0 bridgehead atoms. The van der Waals surface area contributed by atoms with E-state index >= 15 is 0 Å². The van der Waals surface area contributed by atoms with Crippen LogP contribution >= 0.6 is 0 Å². The maximum absolute atomic E-state index is 6.01. The summed E-state index contributed by atoms with van der Waals surface area (Å²) in [6.45, 7) is 0. The van der Waals surface area contributed by atoms with Gasteiger partial charge in [-0.1, -0.05) is 66.7 Å². The van der Waals surface area contributed by atoms with Crippen LogP contribution in [-0.4, -0.2) is 27.0 Å². The van der Waals surface area contributed by atoms with Crippen molar-refractivity contribution < 1.29 is 4.74 Å². The van der Waals surface area contributed by atoms with Crippen molar-refractivity contribution in [1.29, 1.82) is 0 Å². The number of pyridine rings is 4. The van der Waals surface area contributed by atoms with E-state index in [2.05, 4.69) is 81.5 Å². The molecular formula is C37H23N5O. The SMILES string of the molecule is CN1c2ccccc2-c2nccc3c2c1nc1ccccc13.c1ccc2c(c1)Oc1nc3ccccc3c3ccnc-2c13. The van der Waals surface area contributed by atoms with Crippen LogP contribution in [0.1, 0.15) is 0 Å². The van der Waals surface area contributed by atoms with Gasteiger partial charge < -0.3 is 9.64 Å². The second-order valence-corrected chi connectivity index (χ2v) is 10.7. The van der Waals surface area contributed by atoms with Gasteiger partial charge in [-0.25, -0.2) is 9.97 Å². The van der Waals surface area contributed by atoms with Crippen LogP contribution in [0.15, 0.2) is 122 Å². The summed E-state index contributed by atoms with van der Waals surface area (Å²) in [6, 6.07) is 36.9. The average molecular weight is 554 g/mol. The van der Waals surface area contributed by atoms with Crippen molar-refractivity contribution in [2.75, 3.05) is 11.9 Å². The number of para-hydroxylation sites is 4. The maximum Gasteiger partial charge on any atom is 0.229 e. The predicted octanol–water partition coefficient (Wildman–Crippen LogP) is 9.09. The molecule has 4 aromatic heterocycles. The molecule has 0 saturated heterocycles. The Labute approximate surface area is 246 Å². The lowest BCUT2D eigenvalue weighted by Crippen LogP contribution is -2.16. The van der Waals surface area contributed by atoms with E-state index in [-0.39, 0.29) is 0 Å². The molecule has 0 atom stereocenters. The van der Waals surface area contributed by atoms with Crippen LogP contribution < -0.4 is 9.64 Å². The third-order valence-corrected chi connectivity index (χ3v) is 8.36. The first-order valence-electron chi connectivity index (χ1n) is 14.2. The monoisotopic (exact) mass is 553 g/mol. The largest absolute Gasteiger partial charge is 0.438 e. The molecule has 2 aliphatic heterocycles. The second kappa shape index (κ2) is 9.06. The van der Waals surface area contributed by atoms with E-state index in [1.165, 1.54) is 16.3 Å². The zero-order valence-electron chi connectivity index (χ0n) is 23.2. The van der Waals surface area contributed by atoms with Crippen LogP contribution in [0, 0.1) is 0 Å². The first-order chi connectivity index (χ1) is 21.3. The van der Waals surface area contributed by atoms with Crippen LogP contribution in [0.3, 0.4) is 0 Å². The molecular weight excluding hydrogens is 530 g/mol. The fourth-order valence-corrected chi connectivity index (χ4v) is 6.41. The lowest BCUT2D eigenvalue weighted by atomic mass is 9.96. The quantitative estimate of drug-likeness (QED) is 0.175. The van der Waals surface area contributed by atoms with Gasteiger partial charge in [-0.2, -0.15) is 0 Å². The highest BCUT2D eigenvalue weighted by molar-refractivity contribution is 6.18. The molecule has 2 aliphatic rings. The fourth-order valence-electron chi connectivity index (χ4n) is 6.41. The van der Waals surface area contributed by atoms with Crippen LogP contribution in [0.25, 0.3) is 65.9 Å². The molecule has 0 aliphatic carbocycles. The Kier molecular flexibility index (Phi) is 5.01. The number of aromatic nitrogens is 4.